The first-order chi connectivity index (χ1) is 10.0. The molecule has 1 amide bonds. The van der Waals surface area contributed by atoms with E-state index in [2.05, 4.69) is 21.0 Å². The molecule has 0 aliphatic carbocycles. The number of rotatable bonds is 2. The van der Waals surface area contributed by atoms with Crippen molar-refractivity contribution >= 4 is 27.7 Å². The van der Waals surface area contributed by atoms with Crippen LogP contribution in [-0.2, 0) is 15.3 Å². The van der Waals surface area contributed by atoms with Crippen molar-refractivity contribution in [1.82, 2.24) is 5.01 Å². The molecule has 1 aliphatic heterocycles. The number of carbonyl (C=O) groups excluding carboxylic acids is 1. The van der Waals surface area contributed by atoms with Crippen molar-refractivity contribution in [2.75, 3.05) is 0 Å². The zero-order chi connectivity index (χ0) is 15.0. The summed E-state index contributed by atoms with van der Waals surface area (Å²) in [4.78, 5) is 11.9. The minimum absolute atomic E-state index is 0.223. The Kier molecular flexibility index (Phi) is 3.33. The van der Waals surface area contributed by atoms with Crippen LogP contribution in [0.4, 0.5) is 0 Å². The number of nitrogens with zero attached hydrogens (tertiary/aromatic N) is 2. The van der Waals surface area contributed by atoms with Crippen LogP contribution in [0.25, 0.3) is 0 Å². The topological polar surface area (TPSA) is 55.0 Å². The van der Waals surface area contributed by atoms with E-state index in [0.29, 0.717) is 11.7 Å². The Morgan fingerprint density at radius 3 is 2.76 bits per heavy atom. The molecule has 0 fully saturated rings. The molecule has 5 nitrogen and oxygen atoms in total. The lowest BCUT2D eigenvalue weighted by atomic mass is 10.1. The third-order valence-electron chi connectivity index (χ3n) is 3.24. The van der Waals surface area contributed by atoms with Crippen LogP contribution in [0.1, 0.15) is 25.2 Å². The van der Waals surface area contributed by atoms with Crippen LogP contribution in [0.2, 0.25) is 0 Å². The number of hydrazone groups is 1. The van der Waals surface area contributed by atoms with E-state index < -0.39 is 5.72 Å². The van der Waals surface area contributed by atoms with Crippen LogP contribution in [0.3, 0.4) is 0 Å². The number of furan rings is 1. The number of carbonyl (C=O) groups is 1. The summed E-state index contributed by atoms with van der Waals surface area (Å²) in [5.74, 6) is 0.677. The molecule has 0 saturated carbocycles. The molecule has 1 aliphatic rings. The Hall–Kier alpha value is -2.08. The molecule has 0 bridgehead atoms. The highest BCUT2D eigenvalue weighted by Gasteiger charge is 2.47. The maximum Gasteiger partial charge on any atom is 0.262 e. The van der Waals surface area contributed by atoms with Gasteiger partial charge in [-0.3, -0.25) is 4.79 Å². The fourth-order valence-corrected chi connectivity index (χ4v) is 2.64. The van der Waals surface area contributed by atoms with Crippen LogP contribution >= 0.6 is 15.9 Å². The number of halogens is 1. The molecule has 3 rings (SSSR count). The summed E-state index contributed by atoms with van der Waals surface area (Å²) >= 11 is 3.41. The molecule has 1 unspecified atom stereocenters. The standard InChI is InChI=1S/C15H13BrN2O3/c1-10(19)18-15(2,13-7-4-8-20-13)21-14(17-18)11-5-3-6-12(16)9-11/h3-9H,1-2H3. The predicted molar refractivity (Wildman–Crippen MR) is 80.3 cm³/mol. The molecule has 6 heteroatoms. The summed E-state index contributed by atoms with van der Waals surface area (Å²) in [5.41, 5.74) is -0.293. The van der Waals surface area contributed by atoms with E-state index in [4.69, 9.17) is 9.15 Å². The van der Waals surface area contributed by atoms with Gasteiger partial charge < -0.3 is 9.15 Å². The van der Waals surface area contributed by atoms with Gasteiger partial charge >= 0.3 is 0 Å². The lowest BCUT2D eigenvalue weighted by Gasteiger charge is -2.28. The second-order valence-corrected chi connectivity index (χ2v) is 5.72. The average Bonchev–Trinajstić information content (AvgIpc) is 3.06. The van der Waals surface area contributed by atoms with Crippen molar-refractivity contribution in [3.05, 3.63) is 58.5 Å². The first kappa shape index (κ1) is 13.9. The molecule has 108 valence electrons. The zero-order valence-electron chi connectivity index (χ0n) is 11.5. The van der Waals surface area contributed by atoms with E-state index in [1.807, 2.05) is 24.3 Å². The summed E-state index contributed by atoms with van der Waals surface area (Å²) in [5, 5.41) is 5.60. The molecule has 1 aromatic carbocycles. The van der Waals surface area contributed by atoms with E-state index in [9.17, 15) is 4.79 Å². The van der Waals surface area contributed by atoms with Gasteiger partial charge in [0.25, 0.3) is 5.72 Å². The minimum atomic E-state index is -1.08. The van der Waals surface area contributed by atoms with Gasteiger partial charge in [-0.1, -0.05) is 22.0 Å². The number of hydrogen-bond acceptors (Lipinski definition) is 4. The van der Waals surface area contributed by atoms with Gasteiger partial charge in [-0.15, -0.1) is 5.10 Å². The Morgan fingerprint density at radius 2 is 2.14 bits per heavy atom. The molecular weight excluding hydrogens is 336 g/mol. The highest BCUT2D eigenvalue weighted by Crippen LogP contribution is 2.36. The largest absolute Gasteiger partial charge is 0.463 e. The van der Waals surface area contributed by atoms with Crippen LogP contribution in [0.15, 0.2) is 56.7 Å². The second-order valence-electron chi connectivity index (χ2n) is 4.81. The monoisotopic (exact) mass is 348 g/mol. The average molecular weight is 349 g/mol. The lowest BCUT2D eigenvalue weighted by Crippen LogP contribution is -2.41. The molecule has 1 aromatic heterocycles. The normalized spacial score (nSPS) is 21.1. The van der Waals surface area contributed by atoms with Crippen LogP contribution in [0, 0.1) is 0 Å². The third kappa shape index (κ3) is 2.35. The Labute approximate surface area is 130 Å². The van der Waals surface area contributed by atoms with Gasteiger partial charge in [-0.25, -0.2) is 0 Å². The molecular formula is C15H13BrN2O3. The van der Waals surface area contributed by atoms with Crippen LogP contribution in [-0.4, -0.2) is 16.8 Å². The summed E-state index contributed by atoms with van der Waals surface area (Å²) in [7, 11) is 0. The highest BCUT2D eigenvalue weighted by atomic mass is 79.9. The van der Waals surface area contributed by atoms with Crippen molar-refractivity contribution < 1.29 is 13.9 Å². The van der Waals surface area contributed by atoms with E-state index in [1.54, 1.807) is 25.3 Å². The van der Waals surface area contributed by atoms with Gasteiger partial charge in [-0.05, 0) is 30.3 Å². The van der Waals surface area contributed by atoms with Crippen molar-refractivity contribution in [2.45, 2.75) is 19.6 Å². The molecule has 0 saturated heterocycles. The number of ether oxygens (including phenoxy) is 1. The van der Waals surface area contributed by atoms with Gasteiger partial charge in [0.05, 0.1) is 6.26 Å². The van der Waals surface area contributed by atoms with E-state index in [1.165, 1.54) is 11.9 Å². The third-order valence-corrected chi connectivity index (χ3v) is 3.73. The Balaban J connectivity index is 2.03. The molecule has 21 heavy (non-hydrogen) atoms. The lowest BCUT2D eigenvalue weighted by molar-refractivity contribution is -0.148. The first-order valence-corrected chi connectivity index (χ1v) is 7.18. The number of amides is 1. The van der Waals surface area contributed by atoms with E-state index in [0.717, 1.165) is 10.0 Å². The van der Waals surface area contributed by atoms with Gasteiger partial charge in [0, 0.05) is 23.9 Å². The van der Waals surface area contributed by atoms with E-state index in [-0.39, 0.29) is 5.91 Å². The number of hydrogen-bond donors (Lipinski definition) is 0. The van der Waals surface area contributed by atoms with Gasteiger partial charge in [0.2, 0.25) is 11.8 Å². The summed E-state index contributed by atoms with van der Waals surface area (Å²) in [6, 6.07) is 11.1. The predicted octanol–water partition coefficient (Wildman–Crippen LogP) is 3.46. The van der Waals surface area contributed by atoms with Crippen molar-refractivity contribution in [2.24, 2.45) is 5.10 Å². The molecule has 0 spiro atoms. The van der Waals surface area contributed by atoms with Gasteiger partial charge in [0.1, 0.15) is 0 Å². The summed E-state index contributed by atoms with van der Waals surface area (Å²) in [6.45, 7) is 3.19. The molecule has 1 atom stereocenters. The van der Waals surface area contributed by atoms with Gasteiger partial charge in [-0.2, -0.15) is 5.01 Å². The highest BCUT2D eigenvalue weighted by molar-refractivity contribution is 9.10. The Bertz CT molecular complexity index is 711. The van der Waals surface area contributed by atoms with Crippen LogP contribution in [0.5, 0.6) is 0 Å². The Morgan fingerprint density at radius 1 is 1.33 bits per heavy atom. The maximum atomic E-state index is 11.9. The molecule has 0 radical (unpaired) electrons. The van der Waals surface area contributed by atoms with Crippen molar-refractivity contribution in [3.8, 4) is 0 Å². The molecule has 2 heterocycles. The van der Waals surface area contributed by atoms with Crippen LogP contribution < -0.4 is 0 Å². The fourth-order valence-electron chi connectivity index (χ4n) is 2.24. The smallest absolute Gasteiger partial charge is 0.262 e. The molecule has 2 aromatic rings. The zero-order valence-corrected chi connectivity index (χ0v) is 13.1. The second kappa shape index (κ2) is 5.04. The van der Waals surface area contributed by atoms with Crippen molar-refractivity contribution in [1.29, 1.82) is 0 Å². The summed E-state index contributed by atoms with van der Waals surface area (Å²) in [6.07, 6.45) is 1.54. The van der Waals surface area contributed by atoms with Crippen molar-refractivity contribution in [3.63, 3.8) is 0 Å². The maximum absolute atomic E-state index is 11.9. The molecule has 0 N–H and O–H groups in total. The van der Waals surface area contributed by atoms with Gasteiger partial charge in [0.15, 0.2) is 5.76 Å². The van der Waals surface area contributed by atoms with E-state index >= 15 is 0 Å². The fraction of sp³-hybridized carbons (Fsp3) is 0.200. The quantitative estimate of drug-likeness (QED) is 0.834. The minimum Gasteiger partial charge on any atom is -0.463 e. The summed E-state index contributed by atoms with van der Waals surface area (Å²) < 4.78 is 12.3. The number of benzene rings is 1. The SMILES string of the molecule is CC(=O)N1N=C(c2cccc(Br)c2)OC1(C)c1ccco1. The first-order valence-electron chi connectivity index (χ1n) is 6.39.